The molecular formula is C15H15BrFNO. The van der Waals surface area contributed by atoms with Crippen LogP contribution >= 0.6 is 15.9 Å². The van der Waals surface area contributed by atoms with E-state index in [0.717, 1.165) is 27.9 Å². The van der Waals surface area contributed by atoms with Gasteiger partial charge in [0.25, 0.3) is 0 Å². The Kier molecular flexibility index (Phi) is 4.56. The first-order chi connectivity index (χ1) is 9.10. The third-order valence-electron chi connectivity index (χ3n) is 2.75. The summed E-state index contributed by atoms with van der Waals surface area (Å²) in [4.78, 5) is 0. The number of benzene rings is 2. The molecule has 2 rings (SSSR count). The Morgan fingerprint density at radius 2 is 1.95 bits per heavy atom. The van der Waals surface area contributed by atoms with Gasteiger partial charge in [0.05, 0.1) is 4.47 Å². The summed E-state index contributed by atoms with van der Waals surface area (Å²) >= 11 is 3.36. The maximum absolute atomic E-state index is 13.2. The zero-order valence-electron chi connectivity index (χ0n) is 10.8. The third-order valence-corrected chi connectivity index (χ3v) is 3.40. The SMILES string of the molecule is CNCc1ccc(C)c(Oc2cc(F)ccc2Br)c1. The van der Waals surface area contributed by atoms with E-state index >= 15 is 0 Å². The van der Waals surface area contributed by atoms with Gasteiger partial charge in [0, 0.05) is 12.6 Å². The number of nitrogens with one attached hydrogen (secondary N) is 1. The highest BCUT2D eigenvalue weighted by Crippen LogP contribution is 2.32. The van der Waals surface area contributed by atoms with Crippen molar-refractivity contribution in [2.75, 3.05) is 7.05 Å². The van der Waals surface area contributed by atoms with E-state index in [4.69, 9.17) is 4.74 Å². The Balaban J connectivity index is 2.31. The molecule has 0 atom stereocenters. The third kappa shape index (κ3) is 3.55. The Bertz CT molecular complexity index is 586. The van der Waals surface area contributed by atoms with Crippen molar-refractivity contribution in [1.29, 1.82) is 0 Å². The molecule has 0 aromatic heterocycles. The largest absolute Gasteiger partial charge is 0.456 e. The normalized spacial score (nSPS) is 10.5. The van der Waals surface area contributed by atoms with Gasteiger partial charge in [0.15, 0.2) is 0 Å². The fourth-order valence-electron chi connectivity index (χ4n) is 1.74. The molecule has 0 spiro atoms. The molecule has 0 aliphatic heterocycles. The van der Waals surface area contributed by atoms with E-state index in [2.05, 4.69) is 21.2 Å². The number of rotatable bonds is 4. The zero-order valence-corrected chi connectivity index (χ0v) is 12.4. The molecule has 4 heteroatoms. The molecule has 19 heavy (non-hydrogen) atoms. The molecule has 0 heterocycles. The second kappa shape index (κ2) is 6.17. The molecular weight excluding hydrogens is 309 g/mol. The fourth-order valence-corrected chi connectivity index (χ4v) is 2.07. The number of hydrogen-bond acceptors (Lipinski definition) is 2. The molecule has 0 radical (unpaired) electrons. The van der Waals surface area contributed by atoms with Crippen LogP contribution in [-0.4, -0.2) is 7.05 Å². The molecule has 0 aliphatic carbocycles. The Morgan fingerprint density at radius 1 is 1.16 bits per heavy atom. The van der Waals surface area contributed by atoms with Crippen LogP contribution in [0.4, 0.5) is 4.39 Å². The summed E-state index contributed by atoms with van der Waals surface area (Å²) in [6, 6.07) is 10.4. The van der Waals surface area contributed by atoms with Crippen molar-refractivity contribution in [2.45, 2.75) is 13.5 Å². The lowest BCUT2D eigenvalue weighted by atomic mass is 10.1. The molecule has 0 saturated heterocycles. The van der Waals surface area contributed by atoms with Gasteiger partial charge in [-0.25, -0.2) is 4.39 Å². The molecule has 1 N–H and O–H groups in total. The van der Waals surface area contributed by atoms with Crippen LogP contribution in [0.25, 0.3) is 0 Å². The zero-order chi connectivity index (χ0) is 13.8. The highest BCUT2D eigenvalue weighted by molar-refractivity contribution is 9.10. The van der Waals surface area contributed by atoms with Gasteiger partial charge in [-0.3, -0.25) is 0 Å². The van der Waals surface area contributed by atoms with Crippen LogP contribution in [0.15, 0.2) is 40.9 Å². The maximum Gasteiger partial charge on any atom is 0.144 e. The minimum Gasteiger partial charge on any atom is -0.456 e. The lowest BCUT2D eigenvalue weighted by Crippen LogP contribution is -2.05. The first kappa shape index (κ1) is 14.0. The van der Waals surface area contributed by atoms with Crippen LogP contribution in [0.1, 0.15) is 11.1 Å². The lowest BCUT2D eigenvalue weighted by Gasteiger charge is -2.12. The quantitative estimate of drug-likeness (QED) is 0.899. The first-order valence-electron chi connectivity index (χ1n) is 5.97. The Morgan fingerprint density at radius 3 is 2.68 bits per heavy atom. The summed E-state index contributed by atoms with van der Waals surface area (Å²) in [7, 11) is 1.89. The van der Waals surface area contributed by atoms with E-state index in [1.807, 2.05) is 32.2 Å². The molecule has 0 aliphatic rings. The van der Waals surface area contributed by atoms with E-state index in [1.165, 1.54) is 12.1 Å². The maximum atomic E-state index is 13.2. The van der Waals surface area contributed by atoms with Gasteiger partial charge in [-0.15, -0.1) is 0 Å². The van der Waals surface area contributed by atoms with Crippen molar-refractivity contribution < 1.29 is 9.13 Å². The smallest absolute Gasteiger partial charge is 0.144 e. The summed E-state index contributed by atoms with van der Waals surface area (Å²) in [6.07, 6.45) is 0. The van der Waals surface area contributed by atoms with Crippen LogP contribution in [-0.2, 0) is 6.54 Å². The monoisotopic (exact) mass is 323 g/mol. The Hall–Kier alpha value is -1.39. The van der Waals surface area contributed by atoms with E-state index in [0.29, 0.717) is 5.75 Å². The van der Waals surface area contributed by atoms with Crippen LogP contribution in [0.5, 0.6) is 11.5 Å². The van der Waals surface area contributed by atoms with E-state index in [9.17, 15) is 4.39 Å². The van der Waals surface area contributed by atoms with Crippen LogP contribution in [0, 0.1) is 12.7 Å². The number of halogens is 2. The van der Waals surface area contributed by atoms with E-state index in [-0.39, 0.29) is 5.82 Å². The molecule has 0 unspecified atom stereocenters. The van der Waals surface area contributed by atoms with Gasteiger partial charge in [-0.05, 0) is 59.2 Å². The average molecular weight is 324 g/mol. The molecule has 2 aromatic carbocycles. The first-order valence-corrected chi connectivity index (χ1v) is 6.76. The van der Waals surface area contributed by atoms with E-state index < -0.39 is 0 Å². The standard InChI is InChI=1S/C15H15BrFNO/c1-10-3-4-11(9-18-2)7-14(10)19-15-8-12(17)5-6-13(15)16/h3-8,18H,9H2,1-2H3. The fraction of sp³-hybridized carbons (Fsp3) is 0.200. The van der Waals surface area contributed by atoms with Gasteiger partial charge in [-0.2, -0.15) is 0 Å². The van der Waals surface area contributed by atoms with Crippen molar-refractivity contribution >= 4 is 15.9 Å². The molecule has 100 valence electrons. The minimum atomic E-state index is -0.317. The average Bonchev–Trinajstić information content (AvgIpc) is 2.38. The summed E-state index contributed by atoms with van der Waals surface area (Å²) in [6.45, 7) is 2.73. The van der Waals surface area contributed by atoms with Crippen molar-refractivity contribution in [3.05, 3.63) is 57.8 Å². The van der Waals surface area contributed by atoms with Crippen molar-refractivity contribution in [3.63, 3.8) is 0 Å². The van der Waals surface area contributed by atoms with Crippen molar-refractivity contribution in [1.82, 2.24) is 5.32 Å². The molecule has 0 amide bonds. The second-order valence-corrected chi connectivity index (χ2v) is 5.16. The van der Waals surface area contributed by atoms with Crippen LogP contribution in [0.3, 0.4) is 0 Å². The van der Waals surface area contributed by atoms with Gasteiger partial charge in [-0.1, -0.05) is 12.1 Å². The van der Waals surface area contributed by atoms with Crippen LogP contribution in [0.2, 0.25) is 0 Å². The van der Waals surface area contributed by atoms with Gasteiger partial charge in [0.1, 0.15) is 17.3 Å². The molecule has 2 aromatic rings. The minimum absolute atomic E-state index is 0.317. The summed E-state index contributed by atoms with van der Waals surface area (Å²) in [5.74, 6) is 0.894. The number of hydrogen-bond donors (Lipinski definition) is 1. The summed E-state index contributed by atoms with van der Waals surface area (Å²) in [5, 5.41) is 3.09. The Labute approximate surface area is 120 Å². The second-order valence-electron chi connectivity index (χ2n) is 4.31. The van der Waals surface area contributed by atoms with Crippen molar-refractivity contribution in [2.24, 2.45) is 0 Å². The number of aryl methyl sites for hydroxylation is 1. The summed E-state index contributed by atoms with van der Waals surface area (Å²) in [5.41, 5.74) is 2.13. The van der Waals surface area contributed by atoms with E-state index in [1.54, 1.807) is 6.07 Å². The summed E-state index contributed by atoms with van der Waals surface area (Å²) < 4.78 is 19.8. The predicted octanol–water partition coefficient (Wildman–Crippen LogP) is 4.41. The topological polar surface area (TPSA) is 21.3 Å². The highest BCUT2D eigenvalue weighted by Gasteiger charge is 2.07. The van der Waals surface area contributed by atoms with Gasteiger partial charge in [0.2, 0.25) is 0 Å². The van der Waals surface area contributed by atoms with Gasteiger partial charge < -0.3 is 10.1 Å². The molecule has 0 fully saturated rings. The van der Waals surface area contributed by atoms with Crippen LogP contribution < -0.4 is 10.1 Å². The predicted molar refractivity (Wildman–Crippen MR) is 78.1 cm³/mol. The highest BCUT2D eigenvalue weighted by atomic mass is 79.9. The number of ether oxygens (including phenoxy) is 1. The lowest BCUT2D eigenvalue weighted by molar-refractivity contribution is 0.469. The molecule has 2 nitrogen and oxygen atoms in total. The van der Waals surface area contributed by atoms with Gasteiger partial charge >= 0.3 is 0 Å². The van der Waals surface area contributed by atoms with Crippen molar-refractivity contribution in [3.8, 4) is 11.5 Å². The molecule has 0 saturated carbocycles. The molecule has 0 bridgehead atoms.